The van der Waals surface area contributed by atoms with Crippen molar-refractivity contribution in [2.24, 2.45) is 0 Å². The van der Waals surface area contributed by atoms with Crippen molar-refractivity contribution in [3.8, 4) is 22.5 Å². The van der Waals surface area contributed by atoms with Crippen molar-refractivity contribution in [3.05, 3.63) is 77.9 Å². The van der Waals surface area contributed by atoms with Gasteiger partial charge < -0.3 is 20.1 Å². The van der Waals surface area contributed by atoms with Gasteiger partial charge >= 0.3 is 0 Å². The number of H-pyrrole nitrogens is 1. The fraction of sp³-hybridized carbons (Fsp3) is 0.231. The largest absolute Gasteiger partial charge is 0.388 e. The number of ether oxygens (including phenoxy) is 1. The number of aliphatic hydroxyl groups excluding tert-OH is 1. The molecule has 32 heavy (non-hydrogen) atoms. The van der Waals surface area contributed by atoms with E-state index >= 15 is 0 Å². The van der Waals surface area contributed by atoms with Crippen LogP contribution in [0.1, 0.15) is 22.3 Å². The molecule has 4 rings (SSSR count). The Kier molecular flexibility index (Phi) is 7.07. The molecule has 0 bridgehead atoms. The predicted molar refractivity (Wildman–Crippen MR) is 127 cm³/mol. The lowest BCUT2D eigenvalue weighted by molar-refractivity contribution is 0.0904. The average Bonchev–Trinajstić information content (AvgIpc) is 3.27. The van der Waals surface area contributed by atoms with Gasteiger partial charge in [0.2, 0.25) is 0 Å². The summed E-state index contributed by atoms with van der Waals surface area (Å²) in [6.45, 7) is 2.07. The minimum absolute atomic E-state index is 0.305. The summed E-state index contributed by atoms with van der Waals surface area (Å²) in [4.78, 5) is 19.6. The van der Waals surface area contributed by atoms with Gasteiger partial charge in [-0.2, -0.15) is 0 Å². The highest BCUT2D eigenvalue weighted by Gasteiger charge is 2.10. The smallest absolute Gasteiger partial charge is 0.188 e. The van der Waals surface area contributed by atoms with Crippen LogP contribution in [0.25, 0.3) is 33.5 Å². The molecule has 0 saturated heterocycles. The number of imidazole rings is 1. The summed E-state index contributed by atoms with van der Waals surface area (Å²) in [6, 6.07) is 22.0. The van der Waals surface area contributed by atoms with E-state index in [0.29, 0.717) is 5.56 Å². The minimum atomic E-state index is -0.500. The number of aliphatic hydroxyl groups is 1. The third kappa shape index (κ3) is 5.11. The molecule has 0 aliphatic carbocycles. The maximum Gasteiger partial charge on any atom is 0.188 e. The third-order valence-corrected chi connectivity index (χ3v) is 5.42. The highest BCUT2D eigenvalue weighted by molar-refractivity contribution is 5.99. The number of nitrogens with zero attached hydrogens (tertiary/aromatic N) is 1. The topological polar surface area (TPSA) is 87.2 Å². The Hall–Kier alpha value is -3.32. The number of carbonyl (C=O) groups excluding carboxylic acids is 1. The summed E-state index contributed by atoms with van der Waals surface area (Å²) in [6.07, 6.45) is 1.01. The minimum Gasteiger partial charge on any atom is -0.388 e. The van der Waals surface area contributed by atoms with Crippen LogP contribution >= 0.6 is 0 Å². The van der Waals surface area contributed by atoms with Crippen molar-refractivity contribution in [2.45, 2.75) is 13.0 Å². The molecule has 0 amide bonds. The molecule has 1 heterocycles. The molecular formula is C26H27N3O3. The predicted octanol–water partition coefficient (Wildman–Crippen LogP) is 4.20. The van der Waals surface area contributed by atoms with Gasteiger partial charge in [0.05, 0.1) is 11.0 Å². The number of fused-ring (bicyclic) bond motifs is 1. The van der Waals surface area contributed by atoms with E-state index in [-0.39, 0.29) is 5.78 Å². The molecule has 0 atom stereocenters. The van der Waals surface area contributed by atoms with Gasteiger partial charge in [-0.25, -0.2) is 4.98 Å². The molecule has 0 aliphatic rings. The van der Waals surface area contributed by atoms with Crippen molar-refractivity contribution < 1.29 is 14.6 Å². The Morgan fingerprint density at radius 1 is 1.00 bits per heavy atom. The number of aromatic amines is 1. The lowest BCUT2D eigenvalue weighted by Gasteiger charge is -2.07. The summed E-state index contributed by atoms with van der Waals surface area (Å²) >= 11 is 0. The highest BCUT2D eigenvalue weighted by Crippen LogP contribution is 2.26. The van der Waals surface area contributed by atoms with Crippen molar-refractivity contribution in [1.82, 2.24) is 15.3 Å². The lowest BCUT2D eigenvalue weighted by Crippen LogP contribution is -2.15. The monoisotopic (exact) mass is 429 g/mol. The number of Topliss-reactive ketones (excluding diaryl/α,β-unsaturated/α-hetero) is 1. The molecule has 0 unspecified atom stereocenters. The first-order chi connectivity index (χ1) is 15.7. The highest BCUT2D eigenvalue weighted by atomic mass is 16.5. The first kappa shape index (κ1) is 21.9. The first-order valence-electron chi connectivity index (χ1n) is 10.7. The fourth-order valence-corrected chi connectivity index (χ4v) is 3.62. The zero-order chi connectivity index (χ0) is 22.3. The van der Waals surface area contributed by atoms with Gasteiger partial charge in [0.25, 0.3) is 0 Å². The van der Waals surface area contributed by atoms with Crippen LogP contribution in [0.5, 0.6) is 0 Å². The summed E-state index contributed by atoms with van der Waals surface area (Å²) in [7, 11) is 1.72. The van der Waals surface area contributed by atoms with E-state index in [9.17, 15) is 4.79 Å². The molecule has 6 heteroatoms. The van der Waals surface area contributed by atoms with Gasteiger partial charge in [0.15, 0.2) is 5.78 Å². The van der Waals surface area contributed by atoms with Crippen molar-refractivity contribution >= 4 is 16.8 Å². The summed E-state index contributed by atoms with van der Waals surface area (Å²) in [5.41, 5.74) is 6.55. The van der Waals surface area contributed by atoms with Crippen molar-refractivity contribution in [2.75, 3.05) is 26.9 Å². The van der Waals surface area contributed by atoms with Crippen LogP contribution in [0.4, 0.5) is 0 Å². The number of hydrogen-bond donors (Lipinski definition) is 3. The molecule has 3 aromatic carbocycles. The molecule has 4 aromatic rings. The van der Waals surface area contributed by atoms with Gasteiger partial charge in [0, 0.05) is 31.4 Å². The Morgan fingerprint density at radius 3 is 2.38 bits per heavy atom. The van der Waals surface area contributed by atoms with E-state index in [1.165, 1.54) is 5.56 Å². The quantitative estimate of drug-likeness (QED) is 0.260. The van der Waals surface area contributed by atoms with Crippen LogP contribution in [-0.2, 0) is 11.3 Å². The van der Waals surface area contributed by atoms with Crippen LogP contribution in [0, 0.1) is 0 Å². The average molecular weight is 430 g/mol. The number of aromatic nitrogens is 2. The Balaban J connectivity index is 1.44. The van der Waals surface area contributed by atoms with E-state index in [1.54, 1.807) is 25.3 Å². The molecule has 1 aromatic heterocycles. The van der Waals surface area contributed by atoms with E-state index < -0.39 is 6.61 Å². The SMILES string of the molecule is COCCCNCc1ccc(-c2ccc(-c3nc4ccc(C(=O)CO)cc4[nH]3)cc2)cc1. The molecule has 0 aliphatic heterocycles. The molecule has 0 radical (unpaired) electrons. The maximum atomic E-state index is 11.7. The van der Waals surface area contributed by atoms with Crippen LogP contribution in [0.15, 0.2) is 66.7 Å². The number of benzene rings is 3. The second-order valence-corrected chi connectivity index (χ2v) is 7.70. The van der Waals surface area contributed by atoms with Crippen molar-refractivity contribution in [1.29, 1.82) is 0 Å². The number of ketones is 1. The molecule has 6 nitrogen and oxygen atoms in total. The fourth-order valence-electron chi connectivity index (χ4n) is 3.62. The lowest BCUT2D eigenvalue weighted by atomic mass is 10.0. The Morgan fingerprint density at radius 2 is 1.69 bits per heavy atom. The van der Waals surface area contributed by atoms with Gasteiger partial charge in [0.1, 0.15) is 12.4 Å². The molecule has 0 fully saturated rings. The Labute approximate surface area is 187 Å². The summed E-state index contributed by atoms with van der Waals surface area (Å²) in [5.74, 6) is 0.440. The van der Waals surface area contributed by atoms with Gasteiger partial charge in [-0.05, 0) is 47.9 Å². The number of rotatable bonds is 10. The second kappa shape index (κ2) is 10.3. The van der Waals surface area contributed by atoms with E-state index in [4.69, 9.17) is 9.84 Å². The van der Waals surface area contributed by atoms with Gasteiger partial charge in [-0.3, -0.25) is 4.79 Å². The number of methoxy groups -OCH3 is 1. The standard InChI is InChI=1S/C26H27N3O3/c1-32-14-2-13-27-16-18-3-5-19(6-4-18)20-7-9-21(10-8-20)26-28-23-12-11-22(25(31)17-30)15-24(23)29-26/h3-12,15,27,30H,2,13-14,16-17H2,1H3,(H,28,29). The molecule has 0 spiro atoms. The first-order valence-corrected chi connectivity index (χ1v) is 10.7. The van der Waals surface area contributed by atoms with Gasteiger partial charge in [-0.1, -0.05) is 48.5 Å². The maximum absolute atomic E-state index is 11.7. The number of carbonyl (C=O) groups is 1. The third-order valence-electron chi connectivity index (χ3n) is 5.42. The zero-order valence-electron chi connectivity index (χ0n) is 18.1. The zero-order valence-corrected chi connectivity index (χ0v) is 18.1. The number of nitrogens with one attached hydrogen (secondary N) is 2. The molecular weight excluding hydrogens is 402 g/mol. The second-order valence-electron chi connectivity index (χ2n) is 7.70. The Bertz CT molecular complexity index is 1180. The normalized spacial score (nSPS) is 11.2. The van der Waals surface area contributed by atoms with Crippen LogP contribution in [0.2, 0.25) is 0 Å². The van der Waals surface area contributed by atoms with E-state index in [2.05, 4.69) is 51.7 Å². The number of hydrogen-bond acceptors (Lipinski definition) is 5. The van der Waals surface area contributed by atoms with Crippen LogP contribution in [-0.4, -0.2) is 47.7 Å². The van der Waals surface area contributed by atoms with Crippen LogP contribution < -0.4 is 5.32 Å². The van der Waals surface area contributed by atoms with Crippen LogP contribution in [0.3, 0.4) is 0 Å². The van der Waals surface area contributed by atoms with Gasteiger partial charge in [-0.15, -0.1) is 0 Å². The molecule has 3 N–H and O–H groups in total. The summed E-state index contributed by atoms with van der Waals surface area (Å²) in [5, 5.41) is 12.5. The van der Waals surface area contributed by atoms with E-state index in [1.807, 2.05) is 12.1 Å². The van der Waals surface area contributed by atoms with Crippen molar-refractivity contribution in [3.63, 3.8) is 0 Å². The summed E-state index contributed by atoms with van der Waals surface area (Å²) < 4.78 is 5.06. The van der Waals surface area contributed by atoms with E-state index in [0.717, 1.165) is 59.7 Å². The molecule has 0 saturated carbocycles. The molecule has 164 valence electrons.